The lowest BCUT2D eigenvalue weighted by Crippen LogP contribution is -2.21. The van der Waals surface area contributed by atoms with E-state index in [1.807, 2.05) is 0 Å². The smallest absolute Gasteiger partial charge is 0.340 e. The van der Waals surface area contributed by atoms with Crippen LogP contribution < -0.4 is 5.32 Å². The molecule has 138 valence electrons. The Morgan fingerprint density at radius 2 is 2.11 bits per heavy atom. The average Bonchev–Trinajstić information content (AvgIpc) is 3.29. The Morgan fingerprint density at radius 3 is 2.78 bits per heavy atom. The fourth-order valence-electron chi connectivity index (χ4n) is 2.12. The fraction of sp³-hybridized carbons (Fsp3) is 0.118. The van der Waals surface area contributed by atoms with E-state index in [-0.39, 0.29) is 16.3 Å². The van der Waals surface area contributed by atoms with Crippen molar-refractivity contribution in [3.63, 3.8) is 0 Å². The number of esters is 1. The quantitative estimate of drug-likeness (QED) is 0.494. The molecule has 0 unspecified atom stereocenters. The zero-order chi connectivity index (χ0) is 19.4. The number of rotatable bonds is 6. The van der Waals surface area contributed by atoms with Gasteiger partial charge in [0.2, 0.25) is 5.13 Å². The number of amides is 1. The standard InChI is InChI=1S/C17H12ClN3O5S/c1-9-20-21-17(27-9)19-15(23)8-25-16(24)12-6-10(2-4-13(12)18)14-5-3-11(7-22)26-14/h2-7H,8H2,1H3,(H,19,21,23). The number of furan rings is 1. The molecule has 1 aromatic carbocycles. The Hall–Kier alpha value is -3.04. The summed E-state index contributed by atoms with van der Waals surface area (Å²) < 4.78 is 10.3. The van der Waals surface area contributed by atoms with Crippen LogP contribution in [0.5, 0.6) is 0 Å². The number of carbonyl (C=O) groups is 3. The Morgan fingerprint density at radius 1 is 1.30 bits per heavy atom. The molecule has 0 atom stereocenters. The molecule has 0 spiro atoms. The molecule has 0 bridgehead atoms. The Balaban J connectivity index is 1.67. The molecular weight excluding hydrogens is 394 g/mol. The van der Waals surface area contributed by atoms with E-state index in [0.29, 0.717) is 27.7 Å². The first kappa shape index (κ1) is 18.7. The van der Waals surface area contributed by atoms with Gasteiger partial charge in [-0.3, -0.25) is 14.9 Å². The van der Waals surface area contributed by atoms with Gasteiger partial charge in [0.05, 0.1) is 10.6 Å². The molecular formula is C17H12ClN3O5S. The zero-order valence-electron chi connectivity index (χ0n) is 13.9. The molecule has 0 aliphatic rings. The number of hydrogen-bond donors (Lipinski definition) is 1. The molecule has 1 N–H and O–H groups in total. The summed E-state index contributed by atoms with van der Waals surface area (Å²) in [6.45, 7) is 1.24. The monoisotopic (exact) mass is 405 g/mol. The third-order valence-electron chi connectivity index (χ3n) is 3.32. The fourth-order valence-corrected chi connectivity index (χ4v) is 2.92. The SMILES string of the molecule is Cc1nnc(NC(=O)COC(=O)c2cc(-c3ccc(C=O)o3)ccc2Cl)s1. The maximum Gasteiger partial charge on any atom is 0.340 e. The summed E-state index contributed by atoms with van der Waals surface area (Å²) in [5.41, 5.74) is 0.603. The largest absolute Gasteiger partial charge is 0.453 e. The minimum atomic E-state index is -0.771. The highest BCUT2D eigenvalue weighted by molar-refractivity contribution is 7.15. The average molecular weight is 406 g/mol. The molecule has 0 radical (unpaired) electrons. The number of benzene rings is 1. The molecule has 27 heavy (non-hydrogen) atoms. The second kappa shape index (κ2) is 8.11. The van der Waals surface area contributed by atoms with Crippen LogP contribution in [-0.4, -0.2) is 35.0 Å². The summed E-state index contributed by atoms with van der Waals surface area (Å²) >= 11 is 7.26. The third-order valence-corrected chi connectivity index (χ3v) is 4.40. The van der Waals surface area contributed by atoms with Crippen LogP contribution in [0.1, 0.15) is 25.9 Å². The molecule has 0 aliphatic heterocycles. The van der Waals surface area contributed by atoms with Gasteiger partial charge in [-0.15, -0.1) is 10.2 Å². The Labute approximate surface area is 162 Å². The van der Waals surface area contributed by atoms with E-state index in [9.17, 15) is 14.4 Å². The Kier molecular flexibility index (Phi) is 5.63. The van der Waals surface area contributed by atoms with Gasteiger partial charge in [0.25, 0.3) is 5.91 Å². The van der Waals surface area contributed by atoms with Gasteiger partial charge in [-0.25, -0.2) is 4.79 Å². The highest BCUT2D eigenvalue weighted by Gasteiger charge is 2.17. The molecule has 10 heteroatoms. The van der Waals surface area contributed by atoms with Gasteiger partial charge in [0.15, 0.2) is 18.7 Å². The second-order valence-electron chi connectivity index (χ2n) is 5.27. The molecule has 2 aromatic heterocycles. The van der Waals surface area contributed by atoms with Crippen molar-refractivity contribution in [1.82, 2.24) is 10.2 Å². The first-order valence-corrected chi connectivity index (χ1v) is 8.77. The predicted molar refractivity (Wildman–Crippen MR) is 98.1 cm³/mol. The maximum absolute atomic E-state index is 12.3. The molecule has 1 amide bonds. The minimum Gasteiger partial charge on any atom is -0.453 e. The predicted octanol–water partition coefficient (Wildman–Crippen LogP) is 3.37. The molecule has 0 aliphatic carbocycles. The molecule has 2 heterocycles. The molecule has 0 saturated carbocycles. The van der Waals surface area contributed by atoms with Crippen LogP contribution in [0.4, 0.5) is 5.13 Å². The van der Waals surface area contributed by atoms with Crippen LogP contribution in [0.25, 0.3) is 11.3 Å². The molecule has 8 nitrogen and oxygen atoms in total. The van der Waals surface area contributed by atoms with Gasteiger partial charge in [-0.1, -0.05) is 22.9 Å². The zero-order valence-corrected chi connectivity index (χ0v) is 15.5. The van der Waals surface area contributed by atoms with E-state index >= 15 is 0 Å². The van der Waals surface area contributed by atoms with Crippen molar-refractivity contribution in [1.29, 1.82) is 0 Å². The number of aromatic nitrogens is 2. The minimum absolute atomic E-state index is 0.0674. The number of nitrogens with zero attached hydrogens (tertiary/aromatic N) is 2. The summed E-state index contributed by atoms with van der Waals surface area (Å²) in [6.07, 6.45) is 0.576. The van der Waals surface area contributed by atoms with Crippen LogP contribution in [0.3, 0.4) is 0 Å². The first-order valence-electron chi connectivity index (χ1n) is 7.58. The van der Waals surface area contributed by atoms with E-state index in [4.69, 9.17) is 20.8 Å². The normalized spacial score (nSPS) is 10.4. The van der Waals surface area contributed by atoms with Crippen molar-refractivity contribution < 1.29 is 23.5 Å². The number of hydrogen-bond acceptors (Lipinski definition) is 8. The second-order valence-corrected chi connectivity index (χ2v) is 6.85. The van der Waals surface area contributed by atoms with Crippen molar-refractivity contribution in [2.24, 2.45) is 0 Å². The van der Waals surface area contributed by atoms with E-state index in [2.05, 4.69) is 15.5 Å². The topological polar surface area (TPSA) is 111 Å². The van der Waals surface area contributed by atoms with Crippen LogP contribution in [0.2, 0.25) is 5.02 Å². The van der Waals surface area contributed by atoms with Gasteiger partial charge in [0.1, 0.15) is 10.8 Å². The van der Waals surface area contributed by atoms with Crippen LogP contribution in [-0.2, 0) is 9.53 Å². The van der Waals surface area contributed by atoms with E-state index in [1.165, 1.54) is 29.5 Å². The van der Waals surface area contributed by atoms with Crippen molar-refractivity contribution in [3.8, 4) is 11.3 Å². The number of carbonyl (C=O) groups excluding carboxylic acids is 3. The number of anilines is 1. The highest BCUT2D eigenvalue weighted by Crippen LogP contribution is 2.27. The number of halogens is 1. The summed E-state index contributed by atoms with van der Waals surface area (Å²) in [5.74, 6) is -0.763. The van der Waals surface area contributed by atoms with Crippen LogP contribution in [0, 0.1) is 6.92 Å². The summed E-state index contributed by atoms with van der Waals surface area (Å²) in [5, 5.41) is 11.2. The van der Waals surface area contributed by atoms with E-state index in [1.54, 1.807) is 19.1 Å². The van der Waals surface area contributed by atoms with Crippen LogP contribution in [0.15, 0.2) is 34.7 Å². The summed E-state index contributed by atoms with van der Waals surface area (Å²) in [4.78, 5) is 34.8. The van der Waals surface area contributed by atoms with E-state index in [0.717, 1.165) is 0 Å². The summed E-state index contributed by atoms with van der Waals surface area (Å²) in [6, 6.07) is 7.70. The van der Waals surface area contributed by atoms with Gasteiger partial charge >= 0.3 is 5.97 Å². The lowest BCUT2D eigenvalue weighted by atomic mass is 10.1. The molecule has 3 aromatic rings. The number of nitrogens with one attached hydrogen (secondary N) is 1. The van der Waals surface area contributed by atoms with Crippen LogP contribution >= 0.6 is 22.9 Å². The van der Waals surface area contributed by atoms with Gasteiger partial charge < -0.3 is 9.15 Å². The Bertz CT molecular complexity index is 1010. The number of ether oxygens (including phenoxy) is 1. The number of aryl methyl sites for hydroxylation is 1. The van der Waals surface area contributed by atoms with Gasteiger partial charge in [-0.05, 0) is 37.3 Å². The van der Waals surface area contributed by atoms with Crippen molar-refractivity contribution >= 4 is 46.2 Å². The third kappa shape index (κ3) is 4.57. The lowest BCUT2D eigenvalue weighted by Gasteiger charge is -2.07. The molecule has 3 rings (SSSR count). The van der Waals surface area contributed by atoms with Gasteiger partial charge in [-0.2, -0.15) is 0 Å². The van der Waals surface area contributed by atoms with Crippen molar-refractivity contribution in [3.05, 3.63) is 51.7 Å². The molecule has 0 fully saturated rings. The number of aldehydes is 1. The van der Waals surface area contributed by atoms with Crippen molar-refractivity contribution in [2.75, 3.05) is 11.9 Å². The first-order chi connectivity index (χ1) is 13.0. The highest BCUT2D eigenvalue weighted by atomic mass is 35.5. The van der Waals surface area contributed by atoms with E-state index < -0.39 is 18.5 Å². The summed E-state index contributed by atoms with van der Waals surface area (Å²) in [7, 11) is 0. The van der Waals surface area contributed by atoms with Gasteiger partial charge in [0, 0.05) is 5.56 Å². The molecule has 0 saturated heterocycles. The van der Waals surface area contributed by atoms with Crippen molar-refractivity contribution in [2.45, 2.75) is 6.92 Å². The maximum atomic E-state index is 12.3. The lowest BCUT2D eigenvalue weighted by molar-refractivity contribution is -0.119.